The molecule has 136 valence electrons. The van der Waals surface area contributed by atoms with Gasteiger partial charge in [0.05, 0.1) is 18.3 Å². The second-order valence-electron chi connectivity index (χ2n) is 7.22. The Morgan fingerprint density at radius 3 is 2.48 bits per heavy atom. The first-order valence-electron chi connectivity index (χ1n) is 8.73. The van der Waals surface area contributed by atoms with Crippen LogP contribution in [0, 0.1) is 0 Å². The van der Waals surface area contributed by atoms with E-state index in [1.165, 1.54) is 5.56 Å². The number of hydrogen-bond donors (Lipinski definition) is 2. The molecule has 0 aliphatic rings. The Labute approximate surface area is 150 Å². The van der Waals surface area contributed by atoms with E-state index in [1.807, 2.05) is 24.3 Å². The van der Waals surface area contributed by atoms with Gasteiger partial charge in [-0.1, -0.05) is 51.1 Å². The molecule has 2 N–H and O–H groups in total. The predicted molar refractivity (Wildman–Crippen MR) is 101 cm³/mol. The third-order valence-corrected chi connectivity index (χ3v) is 3.92. The van der Waals surface area contributed by atoms with Crippen LogP contribution in [-0.4, -0.2) is 28.8 Å². The lowest BCUT2D eigenvalue weighted by molar-refractivity contribution is 0.181. The van der Waals surface area contributed by atoms with Crippen LogP contribution in [0.25, 0.3) is 0 Å². The third kappa shape index (κ3) is 5.80. The molecule has 0 saturated carbocycles. The molecule has 0 aliphatic carbocycles. The monoisotopic (exact) mass is 343 g/mol. The van der Waals surface area contributed by atoms with Crippen molar-refractivity contribution in [2.75, 3.05) is 19.0 Å². The molecule has 0 spiro atoms. The molecule has 0 aliphatic heterocycles. The summed E-state index contributed by atoms with van der Waals surface area (Å²) in [6.45, 7) is 6.93. The lowest BCUT2D eigenvalue weighted by Crippen LogP contribution is -2.20. The summed E-state index contributed by atoms with van der Waals surface area (Å²) >= 11 is 0. The average Bonchev–Trinajstić information content (AvgIpc) is 2.59. The molecule has 25 heavy (non-hydrogen) atoms. The van der Waals surface area contributed by atoms with Gasteiger partial charge in [-0.05, 0) is 18.4 Å². The fraction of sp³-hybridized carbons (Fsp3) is 0.500. The summed E-state index contributed by atoms with van der Waals surface area (Å²) in [7, 11) is 1.67. The van der Waals surface area contributed by atoms with Crippen LogP contribution in [0.4, 0.5) is 5.82 Å². The van der Waals surface area contributed by atoms with Gasteiger partial charge < -0.3 is 15.2 Å². The molecule has 1 aromatic carbocycles. The zero-order valence-corrected chi connectivity index (χ0v) is 15.6. The Kier molecular flexibility index (Phi) is 6.91. The number of aliphatic hydroxyl groups is 1. The van der Waals surface area contributed by atoms with E-state index in [-0.39, 0.29) is 18.1 Å². The van der Waals surface area contributed by atoms with Crippen LogP contribution >= 0.6 is 0 Å². The van der Waals surface area contributed by atoms with Gasteiger partial charge in [-0.2, -0.15) is 0 Å². The van der Waals surface area contributed by atoms with Crippen molar-refractivity contribution in [3.8, 4) is 0 Å². The van der Waals surface area contributed by atoms with Crippen molar-refractivity contribution < 1.29 is 9.84 Å². The van der Waals surface area contributed by atoms with Crippen LogP contribution in [0.5, 0.6) is 0 Å². The highest BCUT2D eigenvalue weighted by Gasteiger charge is 2.20. The van der Waals surface area contributed by atoms with Crippen molar-refractivity contribution in [3.63, 3.8) is 0 Å². The predicted octanol–water partition coefficient (Wildman–Crippen LogP) is 3.85. The molecule has 1 unspecified atom stereocenters. The second kappa shape index (κ2) is 8.92. The first-order valence-corrected chi connectivity index (χ1v) is 8.73. The number of nitrogens with one attached hydrogen (secondary N) is 1. The Morgan fingerprint density at radius 1 is 1.16 bits per heavy atom. The maximum atomic E-state index is 9.22. The van der Waals surface area contributed by atoms with Gasteiger partial charge in [-0.3, -0.25) is 0 Å². The fourth-order valence-electron chi connectivity index (χ4n) is 2.61. The number of methoxy groups -OCH3 is 1. The van der Waals surface area contributed by atoms with E-state index in [0.717, 1.165) is 30.2 Å². The minimum atomic E-state index is -0.145. The average molecular weight is 343 g/mol. The number of rotatable bonds is 8. The fourth-order valence-corrected chi connectivity index (χ4v) is 2.61. The summed E-state index contributed by atoms with van der Waals surface area (Å²) in [6, 6.07) is 12.3. The molecule has 0 saturated heterocycles. The van der Waals surface area contributed by atoms with E-state index < -0.39 is 0 Å². The normalized spacial score (nSPS) is 12.8. The first-order chi connectivity index (χ1) is 11.9. The molecule has 5 nitrogen and oxygen atoms in total. The van der Waals surface area contributed by atoms with E-state index >= 15 is 0 Å². The van der Waals surface area contributed by atoms with Gasteiger partial charge in [0, 0.05) is 25.2 Å². The Bertz CT molecular complexity index is 654. The molecule has 1 atom stereocenters. The number of nitrogens with zero attached hydrogens (tertiary/aromatic N) is 2. The molecule has 2 rings (SSSR count). The van der Waals surface area contributed by atoms with Crippen molar-refractivity contribution >= 4 is 5.82 Å². The number of benzene rings is 1. The molecule has 1 heterocycles. The van der Waals surface area contributed by atoms with Crippen LogP contribution in [-0.2, 0) is 16.8 Å². The summed E-state index contributed by atoms with van der Waals surface area (Å²) in [4.78, 5) is 9.34. The van der Waals surface area contributed by atoms with Crippen molar-refractivity contribution in [1.82, 2.24) is 9.97 Å². The number of aromatic nitrogens is 2. The Morgan fingerprint density at radius 2 is 1.88 bits per heavy atom. The van der Waals surface area contributed by atoms with Crippen molar-refractivity contribution in [3.05, 3.63) is 53.5 Å². The van der Waals surface area contributed by atoms with E-state index in [9.17, 15) is 5.11 Å². The van der Waals surface area contributed by atoms with Gasteiger partial charge in [0.2, 0.25) is 0 Å². The zero-order chi connectivity index (χ0) is 18.3. The first kappa shape index (κ1) is 19.3. The highest BCUT2D eigenvalue weighted by molar-refractivity contribution is 5.40. The van der Waals surface area contributed by atoms with E-state index in [4.69, 9.17) is 9.72 Å². The minimum absolute atomic E-state index is 0.0893. The maximum Gasteiger partial charge on any atom is 0.136 e. The standard InChI is InChI=1S/C20H29N3O2/c1-20(2,3)19-21-16(14-25-4)13-18(23-19)22-17(11-8-12-24)15-9-6-5-7-10-15/h5-7,9-10,13,17,24H,8,11-12,14H2,1-4H3,(H,21,22,23). The summed E-state index contributed by atoms with van der Waals surface area (Å²) in [5.74, 6) is 1.58. The molecular weight excluding hydrogens is 314 g/mol. The highest BCUT2D eigenvalue weighted by atomic mass is 16.5. The van der Waals surface area contributed by atoms with Gasteiger partial charge in [-0.25, -0.2) is 9.97 Å². The Hall–Kier alpha value is -1.98. The largest absolute Gasteiger partial charge is 0.396 e. The van der Waals surface area contributed by atoms with Gasteiger partial charge in [-0.15, -0.1) is 0 Å². The van der Waals surface area contributed by atoms with Crippen LogP contribution in [0.3, 0.4) is 0 Å². The SMILES string of the molecule is COCc1cc(NC(CCCO)c2ccccc2)nc(C(C)(C)C)n1. The van der Waals surface area contributed by atoms with Gasteiger partial charge >= 0.3 is 0 Å². The van der Waals surface area contributed by atoms with Crippen LogP contribution in [0.15, 0.2) is 36.4 Å². The smallest absolute Gasteiger partial charge is 0.136 e. The molecule has 2 aromatic rings. The molecule has 0 fully saturated rings. The van der Waals surface area contributed by atoms with Crippen LogP contribution < -0.4 is 5.32 Å². The highest BCUT2D eigenvalue weighted by Crippen LogP contribution is 2.26. The molecule has 1 aromatic heterocycles. The van der Waals surface area contributed by atoms with Crippen LogP contribution in [0.2, 0.25) is 0 Å². The quantitative estimate of drug-likeness (QED) is 0.762. The summed E-state index contributed by atoms with van der Waals surface area (Å²) in [5.41, 5.74) is 1.90. The molecule has 0 radical (unpaired) electrons. The lowest BCUT2D eigenvalue weighted by atomic mass is 9.95. The van der Waals surface area contributed by atoms with E-state index in [2.05, 4.69) is 43.2 Å². The molecule has 5 heteroatoms. The molecule has 0 amide bonds. The lowest BCUT2D eigenvalue weighted by Gasteiger charge is -2.23. The van der Waals surface area contributed by atoms with Gasteiger partial charge in [0.25, 0.3) is 0 Å². The molecular formula is C20H29N3O2. The van der Waals surface area contributed by atoms with E-state index in [1.54, 1.807) is 7.11 Å². The summed E-state index contributed by atoms with van der Waals surface area (Å²) < 4.78 is 5.25. The number of aliphatic hydroxyl groups excluding tert-OH is 1. The number of ether oxygens (including phenoxy) is 1. The van der Waals surface area contributed by atoms with Crippen molar-refractivity contribution in [2.45, 2.75) is 51.7 Å². The van der Waals surface area contributed by atoms with E-state index in [0.29, 0.717) is 6.61 Å². The zero-order valence-electron chi connectivity index (χ0n) is 15.6. The third-order valence-electron chi connectivity index (χ3n) is 3.92. The summed E-state index contributed by atoms with van der Waals surface area (Å²) in [5, 5.41) is 12.7. The summed E-state index contributed by atoms with van der Waals surface area (Å²) in [6.07, 6.45) is 1.56. The topological polar surface area (TPSA) is 67.3 Å². The van der Waals surface area contributed by atoms with Crippen molar-refractivity contribution in [2.24, 2.45) is 0 Å². The van der Waals surface area contributed by atoms with Crippen molar-refractivity contribution in [1.29, 1.82) is 0 Å². The molecule has 0 bridgehead atoms. The minimum Gasteiger partial charge on any atom is -0.396 e. The second-order valence-corrected chi connectivity index (χ2v) is 7.22. The maximum absolute atomic E-state index is 9.22. The van der Waals surface area contributed by atoms with Crippen LogP contribution in [0.1, 0.15) is 56.7 Å². The Balaban J connectivity index is 2.32. The number of hydrogen-bond acceptors (Lipinski definition) is 5. The number of anilines is 1. The van der Waals surface area contributed by atoms with Gasteiger partial charge in [0.1, 0.15) is 11.6 Å². The van der Waals surface area contributed by atoms with Gasteiger partial charge in [0.15, 0.2) is 0 Å².